The van der Waals surface area contributed by atoms with Gasteiger partial charge in [-0.25, -0.2) is 0 Å². The average Bonchev–Trinajstić information content (AvgIpc) is 2.16. The number of alkyl halides is 3. The van der Waals surface area contributed by atoms with E-state index >= 15 is 0 Å². The summed E-state index contributed by atoms with van der Waals surface area (Å²) in [6.07, 6.45) is -4.29. The normalized spacial score (nSPS) is 11.8. The van der Waals surface area contributed by atoms with Crippen LogP contribution in [0.4, 0.5) is 18.9 Å². The number of benzene rings is 1. The number of rotatable bonds is 4. The lowest BCUT2D eigenvalue weighted by Gasteiger charge is -2.08. The van der Waals surface area contributed by atoms with E-state index in [-0.39, 0.29) is 5.94 Å². The van der Waals surface area contributed by atoms with Crippen LogP contribution in [0.2, 0.25) is 0 Å². The molecule has 16 heavy (non-hydrogen) atoms. The minimum Gasteiger partial charge on any atom is -0.398 e. The van der Waals surface area contributed by atoms with Crippen LogP contribution in [0.3, 0.4) is 0 Å². The van der Waals surface area contributed by atoms with Crippen LogP contribution in [0, 0.1) is 0 Å². The Morgan fingerprint density at radius 1 is 1.38 bits per heavy atom. The molecule has 7 heteroatoms. The first-order valence-corrected chi connectivity index (χ1v) is 5.98. The fraction of sp³-hybridized carbons (Fsp3) is 0.333. The molecule has 90 valence electrons. The van der Waals surface area contributed by atoms with Gasteiger partial charge in [0.1, 0.15) is 6.61 Å². The summed E-state index contributed by atoms with van der Waals surface area (Å²) in [5, 5.41) is 0. The summed E-state index contributed by atoms with van der Waals surface area (Å²) in [5.74, 6) is -0.0832. The van der Waals surface area contributed by atoms with Crippen molar-refractivity contribution in [3.8, 4) is 0 Å². The molecule has 0 saturated carbocycles. The van der Waals surface area contributed by atoms with Crippen LogP contribution < -0.4 is 5.73 Å². The van der Waals surface area contributed by atoms with Crippen molar-refractivity contribution in [2.24, 2.45) is 0 Å². The Morgan fingerprint density at radius 2 is 2.06 bits per heavy atom. The highest BCUT2D eigenvalue weighted by atomic mass is 79.9. The summed E-state index contributed by atoms with van der Waals surface area (Å²) in [6, 6.07) is 5.17. The molecule has 0 aliphatic heterocycles. The fourth-order valence-corrected chi connectivity index (χ4v) is 2.15. The molecule has 0 fully saturated rings. The molecule has 2 nitrogen and oxygen atoms in total. The van der Waals surface area contributed by atoms with E-state index in [1.807, 2.05) is 0 Å². The molecule has 0 atom stereocenters. The number of nitrogen functional groups attached to an aromatic ring is 1. The third-order valence-electron chi connectivity index (χ3n) is 1.54. The van der Waals surface area contributed by atoms with Crippen molar-refractivity contribution in [2.75, 3.05) is 18.3 Å². The van der Waals surface area contributed by atoms with Crippen molar-refractivity contribution < 1.29 is 17.9 Å². The summed E-state index contributed by atoms with van der Waals surface area (Å²) < 4.78 is 40.6. The average molecular weight is 316 g/mol. The predicted octanol–water partition coefficient (Wildman–Crippen LogP) is 3.66. The van der Waals surface area contributed by atoms with Crippen molar-refractivity contribution in [1.82, 2.24) is 0 Å². The molecule has 0 spiro atoms. The van der Waals surface area contributed by atoms with Gasteiger partial charge in [-0.05, 0) is 18.2 Å². The molecule has 0 heterocycles. The zero-order chi connectivity index (χ0) is 12.2. The van der Waals surface area contributed by atoms with Crippen molar-refractivity contribution in [2.45, 2.75) is 11.1 Å². The molecule has 0 aromatic heterocycles. The van der Waals surface area contributed by atoms with Crippen molar-refractivity contribution in [1.29, 1.82) is 0 Å². The molecule has 0 unspecified atom stereocenters. The smallest absolute Gasteiger partial charge is 0.398 e. The van der Waals surface area contributed by atoms with Crippen LogP contribution in [-0.4, -0.2) is 18.7 Å². The van der Waals surface area contributed by atoms with E-state index in [0.29, 0.717) is 10.6 Å². The van der Waals surface area contributed by atoms with Crippen molar-refractivity contribution in [3.05, 3.63) is 22.7 Å². The second kappa shape index (κ2) is 5.79. The van der Waals surface area contributed by atoms with Gasteiger partial charge in [-0.15, -0.1) is 0 Å². The van der Waals surface area contributed by atoms with E-state index in [2.05, 4.69) is 20.7 Å². The summed E-state index contributed by atoms with van der Waals surface area (Å²) in [4.78, 5) is 0.691. The monoisotopic (exact) mass is 315 g/mol. The highest BCUT2D eigenvalue weighted by Gasteiger charge is 2.27. The molecule has 0 aliphatic carbocycles. The third kappa shape index (κ3) is 5.09. The quantitative estimate of drug-likeness (QED) is 0.398. The van der Waals surface area contributed by atoms with Gasteiger partial charge in [-0.3, -0.25) is 0 Å². The molecular weight excluding hydrogens is 307 g/mol. The Labute approximate surface area is 103 Å². The molecule has 0 amide bonds. The van der Waals surface area contributed by atoms with Crippen LogP contribution in [0.5, 0.6) is 0 Å². The first kappa shape index (κ1) is 13.7. The van der Waals surface area contributed by atoms with Gasteiger partial charge in [-0.1, -0.05) is 27.7 Å². The van der Waals surface area contributed by atoms with Crippen LogP contribution in [0.1, 0.15) is 0 Å². The summed E-state index contributed by atoms with van der Waals surface area (Å²) >= 11 is 4.37. The molecule has 0 radical (unpaired) electrons. The number of nitrogens with two attached hydrogens (primary N) is 1. The zero-order valence-corrected chi connectivity index (χ0v) is 10.5. The first-order valence-electron chi connectivity index (χ1n) is 4.21. The van der Waals surface area contributed by atoms with Gasteiger partial charge in [-0.2, -0.15) is 13.2 Å². The lowest BCUT2D eigenvalue weighted by atomic mass is 10.3. The van der Waals surface area contributed by atoms with Gasteiger partial charge in [0, 0.05) is 15.1 Å². The number of ether oxygens (including phenoxy) is 1. The van der Waals surface area contributed by atoms with Crippen LogP contribution >= 0.6 is 27.7 Å². The van der Waals surface area contributed by atoms with Crippen molar-refractivity contribution in [3.63, 3.8) is 0 Å². The zero-order valence-electron chi connectivity index (χ0n) is 8.05. The second-order valence-corrected chi connectivity index (χ2v) is 4.79. The topological polar surface area (TPSA) is 35.2 Å². The number of hydrogen-bond donors (Lipinski definition) is 1. The van der Waals surface area contributed by atoms with Gasteiger partial charge in [0.05, 0.1) is 5.94 Å². The Hall–Kier alpha value is -0.400. The molecule has 0 bridgehead atoms. The maximum atomic E-state index is 11.8. The number of anilines is 1. The highest BCUT2D eigenvalue weighted by molar-refractivity contribution is 9.10. The van der Waals surface area contributed by atoms with Gasteiger partial charge >= 0.3 is 6.18 Å². The van der Waals surface area contributed by atoms with E-state index in [1.165, 1.54) is 0 Å². The second-order valence-electron chi connectivity index (χ2n) is 2.91. The molecule has 1 rings (SSSR count). The SMILES string of the molecule is Nc1ccc(Br)cc1SCOCC(F)(F)F. The Morgan fingerprint density at radius 3 is 2.69 bits per heavy atom. The van der Waals surface area contributed by atoms with Gasteiger partial charge < -0.3 is 10.5 Å². The fourth-order valence-electron chi connectivity index (χ4n) is 0.896. The van der Waals surface area contributed by atoms with Gasteiger partial charge in [0.15, 0.2) is 0 Å². The van der Waals surface area contributed by atoms with Crippen molar-refractivity contribution >= 4 is 33.4 Å². The lowest BCUT2D eigenvalue weighted by molar-refractivity contribution is -0.168. The maximum Gasteiger partial charge on any atom is 0.411 e. The number of halogens is 4. The number of hydrogen-bond acceptors (Lipinski definition) is 3. The standard InChI is InChI=1S/C9H9BrF3NOS/c10-6-1-2-7(14)8(3-6)16-5-15-4-9(11,12)13/h1-3H,4-5,14H2. The summed E-state index contributed by atoms with van der Waals surface area (Å²) in [5.41, 5.74) is 6.16. The summed E-state index contributed by atoms with van der Waals surface area (Å²) in [6.45, 7) is -1.24. The first-order chi connectivity index (χ1) is 7.38. The van der Waals surface area contributed by atoms with E-state index in [4.69, 9.17) is 5.73 Å². The Kier molecular flexibility index (Phi) is 4.94. The molecule has 0 aliphatic rings. The molecule has 0 saturated heterocycles. The largest absolute Gasteiger partial charge is 0.411 e. The predicted molar refractivity (Wildman–Crippen MR) is 61.3 cm³/mol. The number of thioether (sulfide) groups is 1. The van der Waals surface area contributed by atoms with E-state index in [0.717, 1.165) is 16.2 Å². The Bertz CT molecular complexity index is 359. The van der Waals surface area contributed by atoms with E-state index in [1.54, 1.807) is 18.2 Å². The van der Waals surface area contributed by atoms with E-state index < -0.39 is 12.8 Å². The Balaban J connectivity index is 2.40. The maximum absolute atomic E-state index is 11.8. The molecular formula is C9H9BrF3NOS. The lowest BCUT2D eigenvalue weighted by Crippen LogP contribution is -2.16. The van der Waals surface area contributed by atoms with Crippen LogP contribution in [-0.2, 0) is 4.74 Å². The molecule has 1 aromatic carbocycles. The van der Waals surface area contributed by atoms with Gasteiger partial charge in [0.25, 0.3) is 0 Å². The molecule has 1 aromatic rings. The van der Waals surface area contributed by atoms with Crippen LogP contribution in [0.25, 0.3) is 0 Å². The van der Waals surface area contributed by atoms with Gasteiger partial charge in [0.2, 0.25) is 0 Å². The molecule has 2 N–H and O–H groups in total. The van der Waals surface area contributed by atoms with E-state index in [9.17, 15) is 13.2 Å². The summed E-state index contributed by atoms with van der Waals surface area (Å²) in [7, 11) is 0. The minimum atomic E-state index is -4.29. The minimum absolute atomic E-state index is 0.0832. The third-order valence-corrected chi connectivity index (χ3v) is 2.98. The van der Waals surface area contributed by atoms with Crippen LogP contribution in [0.15, 0.2) is 27.6 Å². The highest BCUT2D eigenvalue weighted by Crippen LogP contribution is 2.28.